The molecule has 0 aliphatic carbocycles. The van der Waals surface area contributed by atoms with Crippen LogP contribution in [-0.2, 0) is 80.2 Å². The Morgan fingerprint density at radius 3 is 1.72 bits per heavy atom. The maximum absolute atomic E-state index is 11.7. The number of allylic oxidation sites excluding steroid dienone is 2. The van der Waals surface area contributed by atoms with E-state index in [0.29, 0.717) is 12.8 Å². The van der Waals surface area contributed by atoms with Crippen molar-refractivity contribution in [3.05, 3.63) is 64.2 Å². The Kier molecular flexibility index (Phi) is 54.1. The first kappa shape index (κ1) is 63.0. The number of hydrogen-bond donors (Lipinski definition) is 0. The Bertz CT molecular complexity index is 944. The second-order valence-electron chi connectivity index (χ2n) is 11.3. The first-order valence-electron chi connectivity index (χ1n) is 13.2. The summed E-state index contributed by atoms with van der Waals surface area (Å²) >= 11 is 0. The van der Waals surface area contributed by atoms with Crippen LogP contribution in [0.2, 0.25) is 37.8 Å². The van der Waals surface area contributed by atoms with Crippen molar-refractivity contribution in [2.45, 2.75) is 122 Å². The topological polar surface area (TPSA) is 164 Å². The van der Waals surface area contributed by atoms with Gasteiger partial charge in [0.1, 0.15) is 14.2 Å². The maximum Gasteiger partial charge on any atom is 0 e. The molecule has 0 unspecified atom stereocenters. The van der Waals surface area contributed by atoms with Crippen molar-refractivity contribution >= 4 is 22.4 Å². The summed E-state index contributed by atoms with van der Waals surface area (Å²) in [6, 6.07) is 0. The summed E-state index contributed by atoms with van der Waals surface area (Å²) in [6.07, 6.45) is 10.9. The fraction of sp³-hybridized carbons (Fsp3) is 0.594. The van der Waals surface area contributed by atoms with E-state index in [2.05, 4.69) is 124 Å². The zero-order valence-corrected chi connectivity index (χ0v) is 32.3. The van der Waals surface area contributed by atoms with E-state index < -0.39 is 16.4 Å². The molecule has 1 fully saturated rings. The molecule has 10 nitrogen and oxygen atoms in total. The quantitative estimate of drug-likeness (QED) is 0.0661. The van der Waals surface area contributed by atoms with E-state index in [9.17, 15) is 4.79 Å². The summed E-state index contributed by atoms with van der Waals surface area (Å²) in [5, 5.41) is 0.116. The molecule has 2 radical (unpaired) electrons. The number of rotatable bonds is 9. The van der Waals surface area contributed by atoms with E-state index >= 15 is 0 Å². The second-order valence-corrected chi connectivity index (χ2v) is 20.8. The average molecular weight is 765 g/mol. The number of ether oxygens (including phenoxy) is 2. The van der Waals surface area contributed by atoms with Gasteiger partial charge in [-0.3, -0.25) is 4.79 Å². The van der Waals surface area contributed by atoms with E-state index in [1.54, 1.807) is 0 Å². The van der Waals surface area contributed by atoms with Crippen molar-refractivity contribution in [2.24, 2.45) is 0 Å². The molecule has 0 saturated carbocycles. The molecule has 0 aromatic rings. The van der Waals surface area contributed by atoms with Crippen molar-refractivity contribution in [1.82, 2.24) is 0 Å². The van der Waals surface area contributed by atoms with Gasteiger partial charge in [0.05, 0.1) is 18.3 Å². The fourth-order valence-electron chi connectivity index (χ4n) is 3.28. The van der Waals surface area contributed by atoms with E-state index in [-0.39, 0.29) is 69.0 Å². The molecule has 1 saturated heterocycles. The molecular formula is C32H46Co2O10Si2. The molecule has 0 bridgehead atoms. The van der Waals surface area contributed by atoms with Crippen LogP contribution >= 0.6 is 0 Å². The van der Waals surface area contributed by atoms with Crippen LogP contribution < -0.4 is 0 Å². The summed E-state index contributed by atoms with van der Waals surface area (Å²) in [4.78, 5) is 11.7. The van der Waals surface area contributed by atoms with E-state index in [0.717, 1.165) is 12.8 Å². The normalized spacial score (nSPS) is 16.5. The third kappa shape index (κ3) is 33.7. The zero-order chi connectivity index (χ0) is 36.6. The van der Waals surface area contributed by atoms with Gasteiger partial charge in [0.2, 0.25) is 0 Å². The van der Waals surface area contributed by atoms with Crippen LogP contribution in [0.3, 0.4) is 0 Å². The van der Waals surface area contributed by atoms with Crippen LogP contribution in [0, 0.1) is 51.4 Å². The summed E-state index contributed by atoms with van der Waals surface area (Å²) in [6.45, 7) is 48.6. The number of hydrogen-bond acceptors (Lipinski definition) is 4. The largest absolute Gasteiger partial charge is 0 e. The Hall–Kier alpha value is -1.68. The molecule has 4 atom stereocenters. The third-order valence-electron chi connectivity index (χ3n) is 6.00. The molecule has 0 aromatic carbocycles. The molecule has 0 spiro atoms. The second kappa shape index (κ2) is 39.5. The molecule has 260 valence electrons. The third-order valence-corrected chi connectivity index (χ3v) is 11.4. The minimum atomic E-state index is -1.98. The van der Waals surface area contributed by atoms with Gasteiger partial charge < -0.3 is 13.9 Å². The van der Waals surface area contributed by atoms with Gasteiger partial charge >= 0.3 is 73.8 Å². The summed E-state index contributed by atoms with van der Waals surface area (Å²) in [7, 11) is -3.36. The van der Waals surface area contributed by atoms with Crippen LogP contribution in [0.5, 0.6) is 0 Å². The molecule has 0 aromatic heterocycles. The van der Waals surface area contributed by atoms with E-state index in [1.807, 2.05) is 12.2 Å². The fourth-order valence-corrected chi connectivity index (χ4v) is 5.15. The molecule has 14 heteroatoms. The molecular weight excluding hydrogens is 718 g/mol. The molecule has 1 aliphatic rings. The first-order chi connectivity index (χ1) is 20.7. The van der Waals surface area contributed by atoms with Crippen LogP contribution in [0.25, 0.3) is 0 Å². The maximum atomic E-state index is 11.7. The summed E-state index contributed by atoms with van der Waals surface area (Å²) in [5.41, 5.74) is 3.34. The minimum Gasteiger partial charge on any atom is 0 e. The van der Waals surface area contributed by atoms with Crippen molar-refractivity contribution in [1.29, 1.82) is 0 Å². The molecule has 0 amide bonds. The summed E-state index contributed by atoms with van der Waals surface area (Å²) < 4.78 is 63.9. The molecule has 0 N–H and O–H groups in total. The van der Waals surface area contributed by atoms with Crippen molar-refractivity contribution < 1.29 is 80.2 Å². The van der Waals surface area contributed by atoms with Gasteiger partial charge in [0.15, 0.2) is 8.32 Å². The SMILES string of the molecule is CC/C=C/C[C@H](O[Si](C)(C)C(C)(C)C)[C@H]1C[C@@H](OC(C)=O)[C@@H](C/C=C/C#C[Si](C)(C)C)O1.[C-]#[O+].[C-]#[O+].[C-]#[O+].[C-]#[O+].[C-]#[O+].[C-]#[O+].[Co].[Co]. The molecule has 1 aliphatic heterocycles. The number of esters is 1. The smallest absolute Gasteiger partial charge is 0 e. The van der Waals surface area contributed by atoms with Crippen LogP contribution in [0.4, 0.5) is 0 Å². The minimum absolute atomic E-state index is 0. The van der Waals surface area contributed by atoms with Crippen molar-refractivity contribution in [3.8, 4) is 11.5 Å². The predicted molar refractivity (Wildman–Crippen MR) is 163 cm³/mol. The van der Waals surface area contributed by atoms with Gasteiger partial charge in [-0.1, -0.05) is 71.5 Å². The van der Waals surface area contributed by atoms with E-state index in [4.69, 9.17) is 41.8 Å². The molecule has 1 heterocycles. The van der Waals surface area contributed by atoms with Crippen LogP contribution in [-0.4, -0.2) is 46.8 Å². The van der Waals surface area contributed by atoms with Gasteiger partial charge in [0, 0.05) is 46.9 Å². The van der Waals surface area contributed by atoms with Gasteiger partial charge in [-0.15, -0.1) is 5.54 Å². The van der Waals surface area contributed by atoms with Gasteiger partial charge in [0.25, 0.3) is 0 Å². The van der Waals surface area contributed by atoms with Gasteiger partial charge in [-0.25, -0.2) is 0 Å². The number of carbonyl (C=O) groups excluding carboxylic acids is 1. The number of carbonyl (C=O) groups is 1. The predicted octanol–water partition coefficient (Wildman–Crippen LogP) is 6.42. The Balaban J connectivity index is -0.000000153. The average Bonchev–Trinajstić information content (AvgIpc) is 3.39. The van der Waals surface area contributed by atoms with Crippen LogP contribution in [0.1, 0.15) is 60.3 Å². The van der Waals surface area contributed by atoms with Gasteiger partial charge in [-0.2, -0.15) is 0 Å². The summed E-state index contributed by atoms with van der Waals surface area (Å²) in [5.74, 6) is 2.90. The standard InChI is InChI=1S/C26H46O4Si2.6CO.2Co/c1-11-12-14-18-23(30-32(9,10)26(3,4)5)25-20-24(28-21(2)27)22(29-25)17-15-13-16-19-31(6,7)8;6*1-2;;/h12-15,22-25H,11,17-18,20H2,1-10H3;;;;;;;;/b14-12+,15-13+;;;;;;;;/t22-,23+,24-,25-;;;;;;;;/m1......../s1. The Morgan fingerprint density at radius 1 is 0.891 bits per heavy atom. The first-order valence-corrected chi connectivity index (χ1v) is 19.6. The van der Waals surface area contributed by atoms with Crippen molar-refractivity contribution in [3.63, 3.8) is 0 Å². The molecule has 1 rings (SSSR count). The van der Waals surface area contributed by atoms with Crippen molar-refractivity contribution in [2.75, 3.05) is 0 Å². The Morgan fingerprint density at radius 2 is 1.35 bits per heavy atom. The van der Waals surface area contributed by atoms with E-state index in [1.165, 1.54) is 6.92 Å². The zero-order valence-electron chi connectivity index (χ0n) is 28.2. The van der Waals surface area contributed by atoms with Crippen LogP contribution in [0.15, 0.2) is 24.3 Å². The van der Waals surface area contributed by atoms with Gasteiger partial charge in [-0.05, 0) is 43.5 Å². The monoisotopic (exact) mass is 764 g/mol. The Labute approximate surface area is 299 Å². The molecule has 46 heavy (non-hydrogen) atoms.